The third-order valence-electron chi connectivity index (χ3n) is 3.62. The van der Waals surface area contributed by atoms with Crippen molar-refractivity contribution in [3.8, 4) is 22.6 Å². The minimum atomic E-state index is -0.00866. The summed E-state index contributed by atoms with van der Waals surface area (Å²) in [4.78, 5) is 0. The summed E-state index contributed by atoms with van der Waals surface area (Å²) in [6.07, 6.45) is 1.75. The van der Waals surface area contributed by atoms with E-state index in [0.29, 0.717) is 17.3 Å². The van der Waals surface area contributed by atoms with Gasteiger partial charge in [0.2, 0.25) is 0 Å². The summed E-state index contributed by atoms with van der Waals surface area (Å²) in [5.74, 6) is 1.97. The molecule has 0 spiro atoms. The highest BCUT2D eigenvalue weighted by Crippen LogP contribution is 2.43. The van der Waals surface area contributed by atoms with Crippen LogP contribution in [0.15, 0.2) is 18.3 Å². The van der Waals surface area contributed by atoms with Crippen LogP contribution in [0.1, 0.15) is 26.3 Å². The molecule has 1 aromatic heterocycles. The molecule has 1 heterocycles. The van der Waals surface area contributed by atoms with Crippen molar-refractivity contribution in [1.29, 1.82) is 0 Å². The van der Waals surface area contributed by atoms with E-state index in [1.54, 1.807) is 25.1 Å². The van der Waals surface area contributed by atoms with E-state index >= 15 is 0 Å². The summed E-state index contributed by atoms with van der Waals surface area (Å²) in [7, 11) is 5.08. The number of nitrogens with two attached hydrogens (primary N) is 1. The smallest absolute Gasteiger partial charge is 0.168 e. The maximum Gasteiger partial charge on any atom is 0.168 e. The molecule has 2 rings (SSSR count). The van der Waals surface area contributed by atoms with Crippen LogP contribution in [0.25, 0.3) is 11.1 Å². The van der Waals surface area contributed by atoms with Crippen molar-refractivity contribution in [2.24, 2.45) is 7.05 Å². The number of aromatic nitrogens is 2. The van der Waals surface area contributed by atoms with Crippen LogP contribution in [0.3, 0.4) is 0 Å². The fourth-order valence-corrected chi connectivity index (χ4v) is 2.25. The molecule has 0 saturated carbocycles. The van der Waals surface area contributed by atoms with Crippen LogP contribution in [-0.2, 0) is 12.5 Å². The Bertz CT molecular complexity index is 654. The lowest BCUT2D eigenvalue weighted by Crippen LogP contribution is -2.12. The summed E-state index contributed by atoms with van der Waals surface area (Å²) < 4.78 is 12.7. The van der Waals surface area contributed by atoms with Gasteiger partial charge in [-0.25, -0.2) is 0 Å². The van der Waals surface area contributed by atoms with Crippen LogP contribution in [0, 0.1) is 0 Å². The van der Waals surface area contributed by atoms with Gasteiger partial charge in [-0.15, -0.1) is 0 Å². The van der Waals surface area contributed by atoms with Gasteiger partial charge < -0.3 is 15.2 Å². The van der Waals surface area contributed by atoms with Crippen LogP contribution in [0.4, 0.5) is 5.82 Å². The van der Waals surface area contributed by atoms with Crippen molar-refractivity contribution < 1.29 is 9.47 Å². The average molecular weight is 289 g/mol. The molecule has 0 amide bonds. The molecule has 0 unspecified atom stereocenters. The van der Waals surface area contributed by atoms with Gasteiger partial charge in [-0.1, -0.05) is 20.8 Å². The van der Waals surface area contributed by atoms with Crippen molar-refractivity contribution in [2.45, 2.75) is 26.2 Å². The van der Waals surface area contributed by atoms with Crippen molar-refractivity contribution in [2.75, 3.05) is 20.0 Å². The normalized spacial score (nSPS) is 11.5. The first-order chi connectivity index (χ1) is 9.79. The Morgan fingerprint density at radius 2 is 1.76 bits per heavy atom. The third-order valence-corrected chi connectivity index (χ3v) is 3.62. The molecule has 0 aliphatic rings. The fourth-order valence-electron chi connectivity index (χ4n) is 2.25. The molecule has 0 aliphatic heterocycles. The summed E-state index contributed by atoms with van der Waals surface area (Å²) in [5.41, 5.74) is 9.00. The van der Waals surface area contributed by atoms with Gasteiger partial charge in [0.1, 0.15) is 5.82 Å². The maximum absolute atomic E-state index is 6.11. The van der Waals surface area contributed by atoms with Gasteiger partial charge in [0, 0.05) is 18.2 Å². The fraction of sp³-hybridized carbons (Fsp3) is 0.438. The molecule has 0 fully saturated rings. The van der Waals surface area contributed by atoms with Crippen molar-refractivity contribution in [3.63, 3.8) is 0 Å². The van der Waals surface area contributed by atoms with Crippen LogP contribution in [0.5, 0.6) is 11.5 Å². The average Bonchev–Trinajstić information content (AvgIpc) is 2.76. The minimum Gasteiger partial charge on any atom is -0.493 e. The van der Waals surface area contributed by atoms with Gasteiger partial charge in [-0.3, -0.25) is 4.68 Å². The van der Waals surface area contributed by atoms with Gasteiger partial charge >= 0.3 is 0 Å². The summed E-state index contributed by atoms with van der Waals surface area (Å²) in [5, 5.41) is 4.21. The number of hydrogen-bond donors (Lipinski definition) is 1. The monoisotopic (exact) mass is 289 g/mol. The van der Waals surface area contributed by atoms with Crippen molar-refractivity contribution in [3.05, 3.63) is 23.9 Å². The standard InChI is InChI=1S/C16H23N3O2/c1-16(2,3)10-7-11(12-9-18-19(4)15(12)17)14(21-6)13(8-10)20-5/h7-9H,17H2,1-6H3. The highest BCUT2D eigenvalue weighted by molar-refractivity contribution is 5.81. The van der Waals surface area contributed by atoms with E-state index in [1.807, 2.05) is 13.1 Å². The molecular weight excluding hydrogens is 266 g/mol. The van der Waals surface area contributed by atoms with Gasteiger partial charge in [0.05, 0.1) is 20.4 Å². The molecule has 0 radical (unpaired) electrons. The van der Waals surface area contributed by atoms with Crippen LogP contribution in [-0.4, -0.2) is 24.0 Å². The van der Waals surface area contributed by atoms with E-state index in [-0.39, 0.29) is 5.41 Å². The highest BCUT2D eigenvalue weighted by atomic mass is 16.5. The zero-order valence-corrected chi connectivity index (χ0v) is 13.5. The highest BCUT2D eigenvalue weighted by Gasteiger charge is 2.22. The topological polar surface area (TPSA) is 62.3 Å². The lowest BCUT2D eigenvalue weighted by Gasteiger charge is -2.23. The zero-order valence-electron chi connectivity index (χ0n) is 13.5. The maximum atomic E-state index is 6.11. The Morgan fingerprint density at radius 1 is 1.10 bits per heavy atom. The Morgan fingerprint density at radius 3 is 2.19 bits per heavy atom. The molecule has 5 nitrogen and oxygen atoms in total. The first-order valence-corrected chi connectivity index (χ1v) is 6.84. The molecule has 2 N–H and O–H groups in total. The van der Waals surface area contributed by atoms with Crippen LogP contribution >= 0.6 is 0 Å². The summed E-state index contributed by atoms with van der Waals surface area (Å²) >= 11 is 0. The third kappa shape index (κ3) is 2.68. The van der Waals surface area contributed by atoms with E-state index in [9.17, 15) is 0 Å². The van der Waals surface area contributed by atoms with E-state index < -0.39 is 0 Å². The summed E-state index contributed by atoms with van der Waals surface area (Å²) in [6.45, 7) is 6.47. The van der Waals surface area contributed by atoms with Gasteiger partial charge in [-0.05, 0) is 23.1 Å². The molecule has 0 bridgehead atoms. The second-order valence-corrected chi connectivity index (χ2v) is 6.08. The Labute approximate surface area is 125 Å². The number of nitrogen functional groups attached to an aromatic ring is 1. The lowest BCUT2D eigenvalue weighted by molar-refractivity contribution is 0.355. The molecule has 0 saturated heterocycles. The number of methoxy groups -OCH3 is 2. The van der Waals surface area contributed by atoms with Crippen LogP contribution < -0.4 is 15.2 Å². The Kier molecular flexibility index (Phi) is 3.85. The number of rotatable bonds is 3. The molecule has 114 valence electrons. The predicted molar refractivity (Wildman–Crippen MR) is 84.9 cm³/mol. The summed E-state index contributed by atoms with van der Waals surface area (Å²) in [6, 6.07) is 4.10. The van der Waals surface area contributed by atoms with E-state index in [1.165, 1.54) is 0 Å². The SMILES string of the molecule is COc1cc(C(C)(C)C)cc(-c2cnn(C)c2N)c1OC. The van der Waals surface area contributed by atoms with Gasteiger partial charge in [-0.2, -0.15) is 5.10 Å². The number of aryl methyl sites for hydroxylation is 1. The lowest BCUT2D eigenvalue weighted by atomic mass is 9.85. The molecule has 1 aromatic carbocycles. The number of benzene rings is 1. The predicted octanol–water partition coefficient (Wildman–Crippen LogP) is 2.98. The number of ether oxygens (including phenoxy) is 2. The van der Waals surface area contributed by atoms with Gasteiger partial charge in [0.25, 0.3) is 0 Å². The number of anilines is 1. The second-order valence-electron chi connectivity index (χ2n) is 6.08. The molecule has 5 heteroatoms. The first-order valence-electron chi connectivity index (χ1n) is 6.84. The van der Waals surface area contributed by atoms with Crippen molar-refractivity contribution in [1.82, 2.24) is 9.78 Å². The zero-order chi connectivity index (χ0) is 15.8. The quantitative estimate of drug-likeness (QED) is 0.943. The minimum absolute atomic E-state index is 0.00866. The Hall–Kier alpha value is -2.17. The molecule has 21 heavy (non-hydrogen) atoms. The number of nitrogens with zero attached hydrogens (tertiary/aromatic N) is 2. The van der Waals surface area contributed by atoms with Gasteiger partial charge in [0.15, 0.2) is 11.5 Å². The molecule has 0 atom stereocenters. The first kappa shape index (κ1) is 15.2. The number of hydrogen-bond acceptors (Lipinski definition) is 4. The second kappa shape index (κ2) is 5.31. The largest absolute Gasteiger partial charge is 0.493 e. The van der Waals surface area contributed by atoms with Crippen molar-refractivity contribution >= 4 is 5.82 Å². The van der Waals surface area contributed by atoms with E-state index in [0.717, 1.165) is 16.7 Å². The molecular formula is C16H23N3O2. The Balaban J connectivity index is 2.76. The molecule has 2 aromatic rings. The molecule has 0 aliphatic carbocycles. The van der Waals surface area contributed by atoms with E-state index in [2.05, 4.69) is 31.9 Å². The van der Waals surface area contributed by atoms with Crippen LogP contribution in [0.2, 0.25) is 0 Å². The van der Waals surface area contributed by atoms with E-state index in [4.69, 9.17) is 15.2 Å².